The van der Waals surface area contributed by atoms with Crippen LogP contribution in [0.3, 0.4) is 0 Å². The number of carbonyl (C=O) groups is 2. The Bertz CT molecular complexity index is 1300. The Hall–Kier alpha value is -2.78. The minimum absolute atomic E-state index is 0.314. The Morgan fingerprint density at radius 3 is 2.49 bits per heavy atom. The number of ether oxygens (including phenoxy) is 1. The highest BCUT2D eigenvalue weighted by Gasteiger charge is 2.32. The van der Waals surface area contributed by atoms with Gasteiger partial charge in [-0.2, -0.15) is 23.5 Å². The zero-order valence-corrected chi connectivity index (χ0v) is 25.7. The molecule has 0 unspecified atom stereocenters. The van der Waals surface area contributed by atoms with Crippen LogP contribution in [0.5, 0.6) is 0 Å². The van der Waals surface area contributed by atoms with E-state index in [1.165, 1.54) is 5.56 Å². The van der Waals surface area contributed by atoms with Gasteiger partial charge in [0.15, 0.2) is 0 Å². The summed E-state index contributed by atoms with van der Waals surface area (Å²) in [7, 11) is 0. The smallest absolute Gasteiger partial charge is 0.326 e. The molecule has 1 fully saturated rings. The van der Waals surface area contributed by atoms with Crippen molar-refractivity contribution >= 4 is 35.4 Å². The van der Waals surface area contributed by atoms with E-state index in [2.05, 4.69) is 34.7 Å². The van der Waals surface area contributed by atoms with Crippen molar-refractivity contribution in [3.8, 4) is 11.1 Å². The second-order valence-corrected chi connectivity index (χ2v) is 12.6. The van der Waals surface area contributed by atoms with E-state index in [9.17, 15) is 14.7 Å². The summed E-state index contributed by atoms with van der Waals surface area (Å²) < 4.78 is 6.15. The van der Waals surface area contributed by atoms with Crippen LogP contribution in [-0.4, -0.2) is 70.6 Å². The van der Waals surface area contributed by atoms with Crippen LogP contribution in [0.15, 0.2) is 72.8 Å². The number of carboxylic acids is 1. The number of amides is 1. The molecule has 4 rings (SSSR count). The Morgan fingerprint density at radius 2 is 1.78 bits per heavy atom. The average Bonchev–Trinajstić information content (AvgIpc) is 3.37. The number of nitrogens with one attached hydrogen (secondary N) is 1. The van der Waals surface area contributed by atoms with Crippen LogP contribution in [0, 0.1) is 6.92 Å². The fourth-order valence-electron chi connectivity index (χ4n) is 5.31. The van der Waals surface area contributed by atoms with Crippen LogP contribution in [0.4, 0.5) is 0 Å². The number of likely N-dealkylation sites (tertiary alicyclic amines) is 1. The normalized spacial score (nSPS) is 17.8. The molecule has 0 aromatic heterocycles. The third-order valence-corrected chi connectivity index (χ3v) is 9.26. The number of carboxylic acid groups (broad SMARTS) is 1. The average molecular weight is 593 g/mol. The molecule has 6 nitrogen and oxygen atoms in total. The van der Waals surface area contributed by atoms with Gasteiger partial charge in [-0.05, 0) is 78.0 Å². The maximum Gasteiger partial charge on any atom is 0.326 e. The fraction of sp³-hybridized carbons (Fsp3) is 0.394. The molecule has 1 amide bonds. The molecular formula is C33H40N2O4S2. The number of aryl methyl sites for hydroxylation is 1. The van der Waals surface area contributed by atoms with Crippen molar-refractivity contribution in [2.24, 2.45) is 0 Å². The van der Waals surface area contributed by atoms with Gasteiger partial charge in [-0.1, -0.05) is 60.7 Å². The lowest BCUT2D eigenvalue weighted by molar-refractivity contribution is -0.139. The molecule has 0 spiro atoms. The summed E-state index contributed by atoms with van der Waals surface area (Å²) in [5.74, 6) is -0.720. The Morgan fingerprint density at radius 1 is 1.02 bits per heavy atom. The van der Waals surface area contributed by atoms with E-state index in [1.54, 1.807) is 11.8 Å². The maximum absolute atomic E-state index is 13.4. The molecule has 3 aromatic carbocycles. The molecule has 3 atom stereocenters. The number of hydrogen-bond donors (Lipinski definition) is 2. The molecule has 3 aromatic rings. The number of carbonyl (C=O) groups excluding carboxylic acids is 1. The van der Waals surface area contributed by atoms with E-state index < -0.39 is 12.0 Å². The van der Waals surface area contributed by atoms with E-state index in [0.29, 0.717) is 42.2 Å². The molecule has 0 bridgehead atoms. The Balaban J connectivity index is 1.55. The fourth-order valence-corrected chi connectivity index (χ4v) is 6.54. The van der Waals surface area contributed by atoms with Crippen molar-refractivity contribution in [1.29, 1.82) is 0 Å². The van der Waals surface area contributed by atoms with Gasteiger partial charge in [0.1, 0.15) is 6.04 Å². The molecule has 0 radical (unpaired) electrons. The van der Waals surface area contributed by atoms with Crippen LogP contribution in [0.1, 0.15) is 39.9 Å². The van der Waals surface area contributed by atoms with Gasteiger partial charge in [-0.3, -0.25) is 9.69 Å². The maximum atomic E-state index is 13.4. The third kappa shape index (κ3) is 8.61. The molecule has 1 heterocycles. The first-order valence-electron chi connectivity index (χ1n) is 14.0. The zero-order chi connectivity index (χ0) is 29.2. The van der Waals surface area contributed by atoms with Crippen LogP contribution < -0.4 is 5.32 Å². The van der Waals surface area contributed by atoms with E-state index >= 15 is 0 Å². The molecule has 0 aliphatic carbocycles. The summed E-state index contributed by atoms with van der Waals surface area (Å²) in [6.07, 6.45) is 5.55. The molecule has 2 N–H and O–H groups in total. The summed E-state index contributed by atoms with van der Waals surface area (Å²) in [5, 5.41) is 13.0. The van der Waals surface area contributed by atoms with Crippen molar-refractivity contribution < 1.29 is 19.4 Å². The summed E-state index contributed by atoms with van der Waals surface area (Å²) in [6.45, 7) is 5.04. The number of hydrogen-bond acceptors (Lipinski definition) is 6. The van der Waals surface area contributed by atoms with Crippen molar-refractivity contribution in [1.82, 2.24) is 10.2 Å². The lowest BCUT2D eigenvalue weighted by atomic mass is 9.93. The van der Waals surface area contributed by atoms with Gasteiger partial charge >= 0.3 is 5.97 Å². The molecule has 41 heavy (non-hydrogen) atoms. The van der Waals surface area contributed by atoms with E-state index in [1.807, 2.05) is 79.5 Å². The van der Waals surface area contributed by atoms with Crippen LogP contribution in [0.25, 0.3) is 11.1 Å². The second-order valence-electron chi connectivity index (χ2n) is 10.5. The molecule has 0 saturated carbocycles. The predicted molar refractivity (Wildman–Crippen MR) is 171 cm³/mol. The SMILES string of the molecule is CSCC[C@H](NC(=O)c1ccc(CN2C[C@@H](SC)C[C@@H]2COCc2ccccc2)cc1-c1ccccc1C)C(=O)O. The molecule has 1 aliphatic heterocycles. The molecule has 218 valence electrons. The zero-order valence-electron chi connectivity index (χ0n) is 24.0. The van der Waals surface area contributed by atoms with Crippen LogP contribution >= 0.6 is 23.5 Å². The number of rotatable bonds is 14. The lowest BCUT2D eigenvalue weighted by Gasteiger charge is -2.25. The molecule has 8 heteroatoms. The van der Waals surface area contributed by atoms with Gasteiger partial charge in [0.05, 0.1) is 13.2 Å². The topological polar surface area (TPSA) is 78.9 Å². The Labute approximate surface area is 252 Å². The number of nitrogens with zero attached hydrogens (tertiary/aromatic N) is 1. The van der Waals surface area contributed by atoms with E-state index in [4.69, 9.17) is 4.74 Å². The lowest BCUT2D eigenvalue weighted by Crippen LogP contribution is -2.41. The highest BCUT2D eigenvalue weighted by molar-refractivity contribution is 7.99. The van der Waals surface area contributed by atoms with Gasteiger partial charge < -0.3 is 15.2 Å². The number of benzene rings is 3. The van der Waals surface area contributed by atoms with E-state index in [-0.39, 0.29) is 5.91 Å². The predicted octanol–water partition coefficient (Wildman–Crippen LogP) is 6.12. The summed E-state index contributed by atoms with van der Waals surface area (Å²) in [4.78, 5) is 27.8. The van der Waals surface area contributed by atoms with Gasteiger partial charge in [0, 0.05) is 29.9 Å². The largest absolute Gasteiger partial charge is 0.480 e. The van der Waals surface area contributed by atoms with Crippen LogP contribution in [-0.2, 0) is 22.7 Å². The first kappa shape index (κ1) is 31.2. The first-order valence-corrected chi connectivity index (χ1v) is 16.7. The minimum atomic E-state index is -1.01. The Kier molecular flexibility index (Phi) is 11.7. The van der Waals surface area contributed by atoms with Crippen molar-refractivity contribution in [2.45, 2.75) is 50.3 Å². The summed E-state index contributed by atoms with van der Waals surface area (Å²) >= 11 is 3.47. The van der Waals surface area contributed by atoms with Crippen LogP contribution in [0.2, 0.25) is 0 Å². The second kappa shape index (κ2) is 15.4. The number of thioether (sulfide) groups is 2. The number of aliphatic carboxylic acids is 1. The van der Waals surface area contributed by atoms with Gasteiger partial charge in [0.25, 0.3) is 5.91 Å². The molecular weight excluding hydrogens is 553 g/mol. The quantitative estimate of drug-likeness (QED) is 0.234. The minimum Gasteiger partial charge on any atom is -0.480 e. The molecule has 1 aliphatic rings. The molecule has 1 saturated heterocycles. The highest BCUT2D eigenvalue weighted by Crippen LogP contribution is 2.32. The van der Waals surface area contributed by atoms with Gasteiger partial charge in [-0.15, -0.1) is 0 Å². The highest BCUT2D eigenvalue weighted by atomic mass is 32.2. The first-order chi connectivity index (χ1) is 19.9. The summed E-state index contributed by atoms with van der Waals surface area (Å²) in [5.41, 5.74) is 5.64. The van der Waals surface area contributed by atoms with Crippen molar-refractivity contribution in [3.05, 3.63) is 95.1 Å². The van der Waals surface area contributed by atoms with E-state index in [0.717, 1.165) is 41.8 Å². The monoisotopic (exact) mass is 592 g/mol. The van der Waals surface area contributed by atoms with Gasteiger partial charge in [-0.25, -0.2) is 4.79 Å². The standard InChI is InChI=1S/C33H40N2O4S2/c1-23-9-7-8-12-28(23)30-17-25(13-14-29(30)32(36)34-31(33(37)38)15-16-40-2)19-35-20-27(41-3)18-26(35)22-39-21-24-10-5-4-6-11-24/h4-14,17,26-27,31H,15-16,18-22H2,1-3H3,(H,34,36)(H,37,38)/t26-,27+,31+/m1/s1. The summed E-state index contributed by atoms with van der Waals surface area (Å²) in [6, 6.07) is 23.6. The third-order valence-electron chi connectivity index (χ3n) is 7.61. The van der Waals surface area contributed by atoms with Crippen molar-refractivity contribution in [3.63, 3.8) is 0 Å². The van der Waals surface area contributed by atoms with Crippen molar-refractivity contribution in [2.75, 3.05) is 31.4 Å². The van der Waals surface area contributed by atoms with Gasteiger partial charge in [0.2, 0.25) is 0 Å².